The van der Waals surface area contributed by atoms with E-state index in [1.54, 1.807) is 0 Å². The molecule has 0 spiro atoms. The van der Waals surface area contributed by atoms with Gasteiger partial charge in [0.1, 0.15) is 0 Å². The van der Waals surface area contributed by atoms with Crippen LogP contribution in [0.5, 0.6) is 0 Å². The van der Waals surface area contributed by atoms with Crippen molar-refractivity contribution in [1.82, 2.24) is 10.2 Å². The van der Waals surface area contributed by atoms with Gasteiger partial charge in [0.2, 0.25) is 0 Å². The van der Waals surface area contributed by atoms with Crippen molar-refractivity contribution in [3.05, 3.63) is 20.8 Å². The number of likely N-dealkylation sites (tertiary alicyclic amines) is 1. The standard InChI is InChI=1S/C14H23BrN2S/c1-11(10-17-6-3-4-7-17)9-16-12(2)14-13(15)5-8-18-14/h5,8,11-12,16H,3-4,6-7,9-10H2,1-2H3. The highest BCUT2D eigenvalue weighted by Crippen LogP contribution is 2.28. The number of nitrogens with one attached hydrogen (secondary N) is 1. The number of rotatable bonds is 6. The Bertz CT molecular complexity index is 360. The molecular weight excluding hydrogens is 308 g/mol. The van der Waals surface area contributed by atoms with Crippen LogP contribution in [0.15, 0.2) is 15.9 Å². The van der Waals surface area contributed by atoms with Crippen LogP contribution in [0.2, 0.25) is 0 Å². The van der Waals surface area contributed by atoms with Gasteiger partial charge in [0.15, 0.2) is 0 Å². The second-order valence-corrected chi connectivity index (χ2v) is 7.18. The summed E-state index contributed by atoms with van der Waals surface area (Å²) in [6.45, 7) is 9.54. The Morgan fingerprint density at radius 3 is 2.72 bits per heavy atom. The lowest BCUT2D eigenvalue weighted by Gasteiger charge is -2.22. The van der Waals surface area contributed by atoms with Gasteiger partial charge in [-0.3, -0.25) is 0 Å². The van der Waals surface area contributed by atoms with Gasteiger partial charge >= 0.3 is 0 Å². The van der Waals surface area contributed by atoms with Gasteiger partial charge < -0.3 is 10.2 Å². The fraction of sp³-hybridized carbons (Fsp3) is 0.714. The summed E-state index contributed by atoms with van der Waals surface area (Å²) in [6.07, 6.45) is 2.78. The lowest BCUT2D eigenvalue weighted by molar-refractivity contribution is 0.279. The molecular formula is C14H23BrN2S. The third-order valence-electron chi connectivity index (χ3n) is 3.58. The number of thiophene rings is 1. The lowest BCUT2D eigenvalue weighted by atomic mass is 10.1. The van der Waals surface area contributed by atoms with Gasteiger partial charge in [0.05, 0.1) is 0 Å². The molecule has 1 aromatic rings. The van der Waals surface area contributed by atoms with E-state index in [-0.39, 0.29) is 0 Å². The van der Waals surface area contributed by atoms with E-state index in [0.717, 1.165) is 12.5 Å². The minimum atomic E-state index is 0.445. The number of halogens is 1. The summed E-state index contributed by atoms with van der Waals surface area (Å²) in [5, 5.41) is 5.80. The second-order valence-electron chi connectivity index (χ2n) is 5.38. The third-order valence-corrected chi connectivity index (χ3v) is 5.63. The molecule has 1 N–H and O–H groups in total. The summed E-state index contributed by atoms with van der Waals surface area (Å²) in [5.74, 6) is 0.726. The monoisotopic (exact) mass is 330 g/mol. The summed E-state index contributed by atoms with van der Waals surface area (Å²) in [4.78, 5) is 4.00. The van der Waals surface area contributed by atoms with Crippen LogP contribution in [0.3, 0.4) is 0 Å². The Morgan fingerprint density at radius 1 is 1.39 bits per heavy atom. The minimum Gasteiger partial charge on any atom is -0.309 e. The van der Waals surface area contributed by atoms with Crippen LogP contribution in [0.4, 0.5) is 0 Å². The second kappa shape index (κ2) is 7.04. The molecule has 0 saturated carbocycles. The van der Waals surface area contributed by atoms with E-state index >= 15 is 0 Å². The molecule has 2 unspecified atom stereocenters. The molecule has 102 valence electrons. The first kappa shape index (κ1) is 14.5. The molecule has 18 heavy (non-hydrogen) atoms. The van der Waals surface area contributed by atoms with Crippen molar-refractivity contribution < 1.29 is 0 Å². The quantitative estimate of drug-likeness (QED) is 0.851. The number of hydrogen-bond acceptors (Lipinski definition) is 3. The van der Waals surface area contributed by atoms with Crippen LogP contribution < -0.4 is 5.32 Å². The van der Waals surface area contributed by atoms with E-state index in [2.05, 4.69) is 51.4 Å². The zero-order chi connectivity index (χ0) is 13.0. The Kier molecular flexibility index (Phi) is 5.67. The van der Waals surface area contributed by atoms with Crippen LogP contribution in [-0.4, -0.2) is 31.1 Å². The molecule has 2 rings (SSSR count). The van der Waals surface area contributed by atoms with Gasteiger partial charge in [0.25, 0.3) is 0 Å². The topological polar surface area (TPSA) is 15.3 Å². The normalized spacial score (nSPS) is 20.2. The van der Waals surface area contributed by atoms with Crippen molar-refractivity contribution in [2.75, 3.05) is 26.2 Å². The highest BCUT2D eigenvalue weighted by atomic mass is 79.9. The molecule has 4 heteroatoms. The maximum atomic E-state index is 3.65. The largest absolute Gasteiger partial charge is 0.309 e. The highest BCUT2D eigenvalue weighted by Gasteiger charge is 2.16. The smallest absolute Gasteiger partial charge is 0.0397 e. The Balaban J connectivity index is 1.72. The molecule has 0 aliphatic carbocycles. The van der Waals surface area contributed by atoms with Crippen molar-refractivity contribution >= 4 is 27.3 Å². The van der Waals surface area contributed by atoms with Gasteiger partial charge in [-0.2, -0.15) is 0 Å². The summed E-state index contributed by atoms with van der Waals surface area (Å²) >= 11 is 5.43. The maximum Gasteiger partial charge on any atom is 0.0397 e. The maximum absolute atomic E-state index is 3.65. The summed E-state index contributed by atoms with van der Waals surface area (Å²) < 4.78 is 1.24. The van der Waals surface area contributed by atoms with Gasteiger partial charge in [-0.25, -0.2) is 0 Å². The average Bonchev–Trinajstić information content (AvgIpc) is 2.97. The van der Waals surface area contributed by atoms with Crippen molar-refractivity contribution in [3.63, 3.8) is 0 Å². The van der Waals surface area contributed by atoms with E-state index < -0.39 is 0 Å². The predicted molar refractivity (Wildman–Crippen MR) is 83.3 cm³/mol. The van der Waals surface area contributed by atoms with Crippen LogP contribution in [0.25, 0.3) is 0 Å². The first-order valence-electron chi connectivity index (χ1n) is 6.85. The Hall–Kier alpha value is 0.1000. The predicted octanol–water partition coefficient (Wildman–Crippen LogP) is 3.89. The van der Waals surface area contributed by atoms with Crippen molar-refractivity contribution in [3.8, 4) is 0 Å². The van der Waals surface area contributed by atoms with E-state index in [9.17, 15) is 0 Å². The molecule has 1 saturated heterocycles. The zero-order valence-corrected chi connectivity index (χ0v) is 13.7. The third kappa shape index (κ3) is 4.05. The SMILES string of the molecule is CC(CNC(C)c1sccc1Br)CN1CCCC1. The van der Waals surface area contributed by atoms with Crippen molar-refractivity contribution in [2.24, 2.45) is 5.92 Å². The van der Waals surface area contributed by atoms with Crippen LogP contribution in [0.1, 0.15) is 37.6 Å². The summed E-state index contributed by atoms with van der Waals surface area (Å²) in [5.41, 5.74) is 0. The van der Waals surface area contributed by atoms with Gasteiger partial charge in [-0.15, -0.1) is 11.3 Å². The molecule has 1 aliphatic heterocycles. The van der Waals surface area contributed by atoms with E-state index in [1.807, 2.05) is 11.3 Å². The highest BCUT2D eigenvalue weighted by molar-refractivity contribution is 9.10. The van der Waals surface area contributed by atoms with Crippen molar-refractivity contribution in [1.29, 1.82) is 0 Å². The minimum absolute atomic E-state index is 0.445. The molecule has 1 aromatic heterocycles. The number of nitrogens with zero attached hydrogens (tertiary/aromatic N) is 1. The Labute approximate surface area is 123 Å². The first-order chi connectivity index (χ1) is 8.66. The molecule has 1 aliphatic rings. The molecule has 2 atom stereocenters. The number of hydrogen-bond donors (Lipinski definition) is 1. The molecule has 1 fully saturated rings. The molecule has 0 radical (unpaired) electrons. The lowest BCUT2D eigenvalue weighted by Crippen LogP contribution is -2.32. The average molecular weight is 331 g/mol. The van der Waals surface area contributed by atoms with E-state index in [1.165, 1.54) is 41.8 Å². The molecule has 0 amide bonds. The summed E-state index contributed by atoms with van der Waals surface area (Å²) in [6, 6.07) is 2.58. The van der Waals surface area contributed by atoms with E-state index in [4.69, 9.17) is 0 Å². The molecule has 0 bridgehead atoms. The van der Waals surface area contributed by atoms with Gasteiger partial charge in [-0.05, 0) is 72.7 Å². The van der Waals surface area contributed by atoms with Crippen molar-refractivity contribution in [2.45, 2.75) is 32.7 Å². The van der Waals surface area contributed by atoms with Crippen LogP contribution >= 0.6 is 27.3 Å². The molecule has 2 heterocycles. The van der Waals surface area contributed by atoms with Crippen LogP contribution in [-0.2, 0) is 0 Å². The van der Waals surface area contributed by atoms with Gasteiger partial charge in [-0.1, -0.05) is 6.92 Å². The Morgan fingerprint density at radius 2 is 2.11 bits per heavy atom. The van der Waals surface area contributed by atoms with Gasteiger partial charge in [0, 0.05) is 21.9 Å². The summed E-state index contributed by atoms with van der Waals surface area (Å²) in [7, 11) is 0. The zero-order valence-electron chi connectivity index (χ0n) is 11.3. The molecule has 2 nitrogen and oxygen atoms in total. The fourth-order valence-electron chi connectivity index (χ4n) is 2.56. The molecule has 0 aromatic carbocycles. The van der Waals surface area contributed by atoms with E-state index in [0.29, 0.717) is 6.04 Å². The fourth-order valence-corrected chi connectivity index (χ4v) is 4.31. The first-order valence-corrected chi connectivity index (χ1v) is 8.52. The van der Waals surface area contributed by atoms with Crippen LogP contribution in [0, 0.1) is 5.92 Å².